The van der Waals surface area contributed by atoms with Gasteiger partial charge in [-0.15, -0.1) is 0 Å². The highest BCUT2D eigenvalue weighted by molar-refractivity contribution is 5.70. The maximum Gasteiger partial charge on any atom is 0.407 e. The van der Waals surface area contributed by atoms with E-state index < -0.39 is 0 Å². The molecule has 11 heavy (non-hydrogen) atoms. The van der Waals surface area contributed by atoms with Gasteiger partial charge in [0.2, 0.25) is 0 Å². The molecule has 0 aromatic rings. The maximum absolute atomic E-state index is 10.8. The number of alkyl carbamates (subject to hydrolysis) is 1. The Morgan fingerprint density at radius 3 is 3.00 bits per heavy atom. The van der Waals surface area contributed by atoms with E-state index in [2.05, 4.69) is 12.2 Å². The van der Waals surface area contributed by atoms with E-state index in [9.17, 15) is 4.79 Å². The number of cyclic esters (lactones) is 1. The Morgan fingerprint density at radius 2 is 2.55 bits per heavy atom. The molecule has 0 radical (unpaired) electrons. The number of carbonyl (C=O) groups excluding carboxylic acids is 1. The maximum atomic E-state index is 10.8. The van der Waals surface area contributed by atoms with Crippen LogP contribution in [0.4, 0.5) is 4.79 Å². The molecule has 1 aliphatic heterocycles. The van der Waals surface area contributed by atoms with E-state index in [-0.39, 0.29) is 11.6 Å². The number of nitrogens with one attached hydrogen (secondary N) is 1. The predicted molar refractivity (Wildman–Crippen MR) is 40.2 cm³/mol. The highest BCUT2D eigenvalue weighted by Crippen LogP contribution is 2.36. The molecule has 0 unspecified atom stereocenters. The molecule has 1 aliphatic carbocycles. The van der Waals surface area contributed by atoms with Crippen molar-refractivity contribution in [2.45, 2.75) is 31.7 Å². The lowest BCUT2D eigenvalue weighted by atomic mass is 9.99. The highest BCUT2D eigenvalue weighted by Gasteiger charge is 2.44. The first-order chi connectivity index (χ1) is 5.20. The minimum Gasteiger partial charge on any atom is -0.447 e. The van der Waals surface area contributed by atoms with Gasteiger partial charge in [-0.25, -0.2) is 4.79 Å². The van der Waals surface area contributed by atoms with E-state index in [0.29, 0.717) is 6.61 Å². The second-order valence-electron chi connectivity index (χ2n) is 3.83. The van der Waals surface area contributed by atoms with Gasteiger partial charge in [-0.1, -0.05) is 6.92 Å². The Kier molecular flexibility index (Phi) is 1.34. The Labute approximate surface area is 66.1 Å². The molecule has 1 amide bonds. The second-order valence-corrected chi connectivity index (χ2v) is 3.83. The van der Waals surface area contributed by atoms with Crippen molar-refractivity contribution in [1.82, 2.24) is 5.32 Å². The number of ether oxygens (including phenoxy) is 1. The van der Waals surface area contributed by atoms with Crippen LogP contribution < -0.4 is 5.32 Å². The Balaban J connectivity index is 2.07. The summed E-state index contributed by atoms with van der Waals surface area (Å²) in [4.78, 5) is 10.8. The summed E-state index contributed by atoms with van der Waals surface area (Å²) in [5.41, 5.74) is 0.0104. The lowest BCUT2D eigenvalue weighted by Gasteiger charge is -2.18. The standard InChI is InChI=1S/C8H13NO2/c1-6-2-3-8(4-6)5-11-7(10)9-8/h6H,2-5H2,1H3,(H,9,10)/t6-,8+/m0/s1. The molecule has 2 fully saturated rings. The van der Waals surface area contributed by atoms with Crippen LogP contribution in [0.5, 0.6) is 0 Å². The zero-order valence-corrected chi connectivity index (χ0v) is 6.72. The molecular formula is C8H13NO2. The van der Waals surface area contributed by atoms with E-state index in [4.69, 9.17) is 4.74 Å². The Morgan fingerprint density at radius 1 is 1.73 bits per heavy atom. The molecule has 3 nitrogen and oxygen atoms in total. The number of carbonyl (C=O) groups is 1. The molecule has 0 aromatic carbocycles. The van der Waals surface area contributed by atoms with Crippen molar-refractivity contribution < 1.29 is 9.53 Å². The van der Waals surface area contributed by atoms with Crippen LogP contribution in [0.3, 0.4) is 0 Å². The van der Waals surface area contributed by atoms with Crippen molar-refractivity contribution in [3.63, 3.8) is 0 Å². The van der Waals surface area contributed by atoms with Crippen LogP contribution in [-0.2, 0) is 4.74 Å². The molecule has 2 rings (SSSR count). The van der Waals surface area contributed by atoms with Gasteiger partial charge in [-0.3, -0.25) is 0 Å². The average Bonchev–Trinajstić information content (AvgIpc) is 2.44. The first-order valence-electron chi connectivity index (χ1n) is 4.15. The number of hydrogen-bond donors (Lipinski definition) is 1. The van der Waals surface area contributed by atoms with Crippen LogP contribution in [0, 0.1) is 5.92 Å². The van der Waals surface area contributed by atoms with Gasteiger partial charge in [0.15, 0.2) is 0 Å². The predicted octanol–water partition coefficient (Wildman–Crippen LogP) is 1.29. The van der Waals surface area contributed by atoms with Gasteiger partial charge in [-0.05, 0) is 25.2 Å². The molecule has 1 spiro atoms. The molecule has 2 aliphatic rings. The van der Waals surface area contributed by atoms with E-state index in [1.54, 1.807) is 0 Å². The van der Waals surface area contributed by atoms with Crippen molar-refractivity contribution in [2.75, 3.05) is 6.61 Å². The first-order valence-corrected chi connectivity index (χ1v) is 4.15. The van der Waals surface area contributed by atoms with Crippen molar-refractivity contribution in [3.05, 3.63) is 0 Å². The third kappa shape index (κ3) is 1.08. The number of rotatable bonds is 0. The van der Waals surface area contributed by atoms with E-state index in [1.807, 2.05) is 0 Å². The molecule has 1 saturated heterocycles. The summed E-state index contributed by atoms with van der Waals surface area (Å²) in [5, 5.41) is 2.90. The third-order valence-corrected chi connectivity index (χ3v) is 2.70. The summed E-state index contributed by atoms with van der Waals surface area (Å²) >= 11 is 0. The number of amides is 1. The normalized spacial score (nSPS) is 42.6. The lowest BCUT2D eigenvalue weighted by Crippen LogP contribution is -2.40. The van der Waals surface area contributed by atoms with Gasteiger partial charge >= 0.3 is 6.09 Å². The van der Waals surface area contributed by atoms with Crippen LogP contribution in [0.2, 0.25) is 0 Å². The largest absolute Gasteiger partial charge is 0.447 e. The fourth-order valence-electron chi connectivity index (χ4n) is 2.13. The topological polar surface area (TPSA) is 38.3 Å². The molecule has 62 valence electrons. The van der Waals surface area contributed by atoms with Crippen molar-refractivity contribution >= 4 is 6.09 Å². The average molecular weight is 155 g/mol. The second kappa shape index (κ2) is 2.13. The van der Waals surface area contributed by atoms with E-state index in [1.165, 1.54) is 6.42 Å². The van der Waals surface area contributed by atoms with Crippen molar-refractivity contribution in [2.24, 2.45) is 5.92 Å². The van der Waals surface area contributed by atoms with Crippen LogP contribution in [0.1, 0.15) is 26.2 Å². The Hall–Kier alpha value is -0.730. The summed E-state index contributed by atoms with van der Waals surface area (Å²) in [7, 11) is 0. The molecule has 1 saturated carbocycles. The van der Waals surface area contributed by atoms with Crippen LogP contribution in [-0.4, -0.2) is 18.2 Å². The summed E-state index contributed by atoms with van der Waals surface area (Å²) in [5.74, 6) is 0.733. The minimum absolute atomic E-state index is 0.0104. The lowest BCUT2D eigenvalue weighted by molar-refractivity contribution is 0.172. The van der Waals surface area contributed by atoms with Gasteiger partial charge in [0.05, 0.1) is 5.54 Å². The molecule has 1 heterocycles. The van der Waals surface area contributed by atoms with Crippen molar-refractivity contribution in [3.8, 4) is 0 Å². The zero-order chi connectivity index (χ0) is 7.90. The van der Waals surface area contributed by atoms with E-state index in [0.717, 1.165) is 18.8 Å². The monoisotopic (exact) mass is 155 g/mol. The molecule has 2 atom stereocenters. The summed E-state index contributed by atoms with van der Waals surface area (Å²) < 4.78 is 4.89. The van der Waals surface area contributed by atoms with E-state index >= 15 is 0 Å². The zero-order valence-electron chi connectivity index (χ0n) is 6.72. The summed E-state index contributed by atoms with van der Waals surface area (Å²) in [6.45, 7) is 2.80. The van der Waals surface area contributed by atoms with Gasteiger partial charge in [0, 0.05) is 0 Å². The fraction of sp³-hybridized carbons (Fsp3) is 0.875. The SMILES string of the molecule is C[C@H]1CC[C@]2(COC(=O)N2)C1. The highest BCUT2D eigenvalue weighted by atomic mass is 16.6. The molecule has 3 heteroatoms. The smallest absolute Gasteiger partial charge is 0.407 e. The summed E-state index contributed by atoms with van der Waals surface area (Å²) in [6, 6.07) is 0. The van der Waals surface area contributed by atoms with Gasteiger partial charge < -0.3 is 10.1 Å². The molecule has 0 bridgehead atoms. The molecular weight excluding hydrogens is 142 g/mol. The van der Waals surface area contributed by atoms with Crippen LogP contribution in [0.15, 0.2) is 0 Å². The van der Waals surface area contributed by atoms with Crippen LogP contribution >= 0.6 is 0 Å². The van der Waals surface area contributed by atoms with Crippen LogP contribution in [0.25, 0.3) is 0 Å². The first kappa shape index (κ1) is 6.95. The quantitative estimate of drug-likeness (QED) is 0.572. The van der Waals surface area contributed by atoms with Gasteiger partial charge in [0.25, 0.3) is 0 Å². The summed E-state index contributed by atoms with van der Waals surface area (Å²) in [6.07, 6.45) is 3.14. The molecule has 0 aromatic heterocycles. The van der Waals surface area contributed by atoms with Gasteiger partial charge in [-0.2, -0.15) is 0 Å². The fourth-order valence-corrected chi connectivity index (χ4v) is 2.13. The third-order valence-electron chi connectivity index (χ3n) is 2.70. The number of hydrogen-bond acceptors (Lipinski definition) is 2. The Bertz CT molecular complexity index is 193. The molecule has 1 N–H and O–H groups in total. The minimum atomic E-state index is -0.237. The van der Waals surface area contributed by atoms with Gasteiger partial charge in [0.1, 0.15) is 6.61 Å². The van der Waals surface area contributed by atoms with Crippen molar-refractivity contribution in [1.29, 1.82) is 0 Å².